The highest BCUT2D eigenvalue weighted by atomic mass is 16.4. The molecular weight excluding hydrogens is 244 g/mol. The minimum absolute atomic E-state index is 0.114. The zero-order valence-electron chi connectivity index (χ0n) is 11.9. The van der Waals surface area contributed by atoms with Crippen LogP contribution >= 0.6 is 0 Å². The van der Waals surface area contributed by atoms with Crippen LogP contribution in [0.2, 0.25) is 0 Å². The SMILES string of the molecule is C=CCC(NC(=O)NC(CCC)CCCC)C(=O)O. The van der Waals surface area contributed by atoms with E-state index in [-0.39, 0.29) is 12.5 Å². The predicted molar refractivity (Wildman–Crippen MR) is 76.1 cm³/mol. The molecule has 2 unspecified atom stereocenters. The van der Waals surface area contributed by atoms with Crippen LogP contribution < -0.4 is 10.6 Å². The van der Waals surface area contributed by atoms with Gasteiger partial charge in [-0.25, -0.2) is 9.59 Å². The summed E-state index contributed by atoms with van der Waals surface area (Å²) >= 11 is 0. The molecular formula is C14H26N2O3. The second-order valence-corrected chi connectivity index (χ2v) is 4.66. The molecule has 0 radical (unpaired) electrons. The van der Waals surface area contributed by atoms with Crippen LogP contribution in [0.1, 0.15) is 52.4 Å². The average Bonchev–Trinajstić information content (AvgIpc) is 2.35. The molecule has 0 aliphatic rings. The Morgan fingerprint density at radius 2 is 1.89 bits per heavy atom. The lowest BCUT2D eigenvalue weighted by Gasteiger charge is -2.20. The van der Waals surface area contributed by atoms with E-state index in [2.05, 4.69) is 31.1 Å². The fourth-order valence-corrected chi connectivity index (χ4v) is 1.86. The number of carbonyl (C=O) groups excluding carboxylic acids is 1. The number of hydrogen-bond donors (Lipinski definition) is 3. The number of carbonyl (C=O) groups is 2. The Hall–Kier alpha value is -1.52. The zero-order chi connectivity index (χ0) is 14.7. The van der Waals surface area contributed by atoms with Gasteiger partial charge in [0.15, 0.2) is 0 Å². The van der Waals surface area contributed by atoms with Gasteiger partial charge < -0.3 is 15.7 Å². The summed E-state index contributed by atoms with van der Waals surface area (Å²) in [6, 6.07) is -1.21. The number of urea groups is 1. The van der Waals surface area contributed by atoms with Crippen LogP contribution in [-0.2, 0) is 4.79 Å². The summed E-state index contributed by atoms with van der Waals surface area (Å²) in [5.41, 5.74) is 0. The quantitative estimate of drug-likeness (QED) is 0.534. The molecule has 0 aromatic rings. The third-order valence-corrected chi connectivity index (χ3v) is 2.88. The highest BCUT2D eigenvalue weighted by Gasteiger charge is 2.19. The second-order valence-electron chi connectivity index (χ2n) is 4.66. The molecule has 0 heterocycles. The van der Waals surface area contributed by atoms with Crippen molar-refractivity contribution >= 4 is 12.0 Å². The first-order chi connectivity index (χ1) is 9.04. The monoisotopic (exact) mass is 270 g/mol. The number of carboxylic acids is 1. The molecule has 110 valence electrons. The third kappa shape index (κ3) is 8.24. The van der Waals surface area contributed by atoms with Gasteiger partial charge in [-0.1, -0.05) is 39.2 Å². The minimum Gasteiger partial charge on any atom is -0.480 e. The normalized spacial score (nSPS) is 13.4. The summed E-state index contributed by atoms with van der Waals surface area (Å²) in [7, 11) is 0. The van der Waals surface area contributed by atoms with Crippen LogP contribution in [-0.4, -0.2) is 29.2 Å². The molecule has 0 saturated heterocycles. The van der Waals surface area contributed by atoms with Crippen molar-refractivity contribution in [1.82, 2.24) is 10.6 Å². The third-order valence-electron chi connectivity index (χ3n) is 2.88. The summed E-state index contributed by atoms with van der Waals surface area (Å²) in [6.07, 6.45) is 6.67. The number of hydrogen-bond acceptors (Lipinski definition) is 2. The van der Waals surface area contributed by atoms with E-state index >= 15 is 0 Å². The molecule has 0 spiro atoms. The number of rotatable bonds is 10. The maximum absolute atomic E-state index is 11.8. The highest BCUT2D eigenvalue weighted by molar-refractivity contribution is 5.82. The Bertz CT molecular complexity index is 292. The van der Waals surface area contributed by atoms with Gasteiger partial charge in [-0.05, 0) is 19.3 Å². The van der Waals surface area contributed by atoms with Crippen molar-refractivity contribution in [1.29, 1.82) is 0 Å². The molecule has 0 rings (SSSR count). The van der Waals surface area contributed by atoms with E-state index in [1.807, 2.05) is 0 Å². The minimum atomic E-state index is -1.05. The van der Waals surface area contributed by atoms with Crippen LogP contribution in [0.4, 0.5) is 4.79 Å². The molecule has 19 heavy (non-hydrogen) atoms. The average molecular weight is 270 g/mol. The Morgan fingerprint density at radius 3 is 2.37 bits per heavy atom. The van der Waals surface area contributed by atoms with Gasteiger partial charge in [-0.2, -0.15) is 0 Å². The van der Waals surface area contributed by atoms with Crippen molar-refractivity contribution in [2.45, 2.75) is 64.5 Å². The molecule has 2 atom stereocenters. The first-order valence-electron chi connectivity index (χ1n) is 6.95. The fourth-order valence-electron chi connectivity index (χ4n) is 1.86. The van der Waals surface area contributed by atoms with E-state index in [9.17, 15) is 9.59 Å². The van der Waals surface area contributed by atoms with Gasteiger partial charge in [-0.15, -0.1) is 6.58 Å². The van der Waals surface area contributed by atoms with Crippen molar-refractivity contribution in [2.75, 3.05) is 0 Å². The molecule has 5 nitrogen and oxygen atoms in total. The molecule has 0 fully saturated rings. The van der Waals surface area contributed by atoms with Crippen molar-refractivity contribution in [3.8, 4) is 0 Å². The number of aliphatic carboxylic acids is 1. The van der Waals surface area contributed by atoms with Crippen molar-refractivity contribution in [3.63, 3.8) is 0 Å². The molecule has 0 aromatic carbocycles. The van der Waals surface area contributed by atoms with E-state index < -0.39 is 18.0 Å². The lowest BCUT2D eigenvalue weighted by Crippen LogP contribution is -2.48. The number of nitrogens with one attached hydrogen (secondary N) is 2. The molecule has 3 N–H and O–H groups in total. The first-order valence-corrected chi connectivity index (χ1v) is 6.95. The maximum Gasteiger partial charge on any atom is 0.326 e. The molecule has 0 saturated carbocycles. The summed E-state index contributed by atoms with van der Waals surface area (Å²) in [6.45, 7) is 7.66. The maximum atomic E-state index is 11.8. The Labute approximate surface area is 115 Å². The highest BCUT2D eigenvalue weighted by Crippen LogP contribution is 2.06. The van der Waals surface area contributed by atoms with Crippen molar-refractivity contribution in [2.24, 2.45) is 0 Å². The smallest absolute Gasteiger partial charge is 0.326 e. The fraction of sp³-hybridized carbons (Fsp3) is 0.714. The van der Waals surface area contributed by atoms with Crippen LogP contribution in [0.5, 0.6) is 0 Å². The second kappa shape index (κ2) is 10.4. The van der Waals surface area contributed by atoms with Gasteiger partial charge in [0.2, 0.25) is 0 Å². The van der Waals surface area contributed by atoms with Crippen LogP contribution in [0, 0.1) is 0 Å². The van der Waals surface area contributed by atoms with Crippen molar-refractivity contribution < 1.29 is 14.7 Å². The zero-order valence-corrected chi connectivity index (χ0v) is 11.9. The van der Waals surface area contributed by atoms with Gasteiger partial charge in [0.25, 0.3) is 0 Å². The van der Waals surface area contributed by atoms with Gasteiger partial charge in [-0.3, -0.25) is 0 Å². The van der Waals surface area contributed by atoms with Gasteiger partial charge in [0.05, 0.1) is 0 Å². The van der Waals surface area contributed by atoms with Crippen LogP contribution in [0.3, 0.4) is 0 Å². The lowest BCUT2D eigenvalue weighted by molar-refractivity contribution is -0.139. The standard InChI is InChI=1S/C14H26N2O3/c1-4-7-10-11(8-5-2)15-14(19)16-12(9-6-3)13(17)18/h6,11-12H,3-5,7-10H2,1-2H3,(H,17,18)(H2,15,16,19). The van der Waals surface area contributed by atoms with E-state index in [0.29, 0.717) is 0 Å². The van der Waals surface area contributed by atoms with Crippen molar-refractivity contribution in [3.05, 3.63) is 12.7 Å². The number of amides is 2. The molecule has 5 heteroatoms. The molecule has 0 aliphatic carbocycles. The van der Waals surface area contributed by atoms with Gasteiger partial charge >= 0.3 is 12.0 Å². The van der Waals surface area contributed by atoms with Gasteiger partial charge in [0, 0.05) is 6.04 Å². The topological polar surface area (TPSA) is 78.4 Å². The lowest BCUT2D eigenvalue weighted by atomic mass is 10.1. The summed E-state index contributed by atoms with van der Waals surface area (Å²) in [5.74, 6) is -1.05. The van der Waals surface area contributed by atoms with Gasteiger partial charge in [0.1, 0.15) is 6.04 Å². The number of unbranched alkanes of at least 4 members (excludes halogenated alkanes) is 1. The molecule has 2 amide bonds. The van der Waals surface area contributed by atoms with Crippen LogP contribution in [0.25, 0.3) is 0 Å². The molecule has 0 aromatic heterocycles. The molecule has 0 bridgehead atoms. The summed E-state index contributed by atoms with van der Waals surface area (Å²) in [5, 5.41) is 14.3. The summed E-state index contributed by atoms with van der Waals surface area (Å²) in [4.78, 5) is 22.7. The molecule has 0 aliphatic heterocycles. The summed E-state index contributed by atoms with van der Waals surface area (Å²) < 4.78 is 0. The predicted octanol–water partition coefficient (Wildman–Crippen LogP) is 2.67. The Balaban J connectivity index is 4.29. The van der Waals surface area contributed by atoms with E-state index in [4.69, 9.17) is 5.11 Å². The Morgan fingerprint density at radius 1 is 1.21 bits per heavy atom. The largest absolute Gasteiger partial charge is 0.480 e. The number of carboxylic acid groups (broad SMARTS) is 1. The van der Waals surface area contributed by atoms with Crippen LogP contribution in [0.15, 0.2) is 12.7 Å². The van der Waals surface area contributed by atoms with E-state index in [0.717, 1.165) is 32.1 Å². The van der Waals surface area contributed by atoms with E-state index in [1.165, 1.54) is 6.08 Å². The Kier molecular flexibility index (Phi) is 9.57. The first kappa shape index (κ1) is 17.5. The van der Waals surface area contributed by atoms with E-state index in [1.54, 1.807) is 0 Å².